The normalized spacial score (nSPS) is 14.9. The molecule has 1 aliphatic rings. The van der Waals surface area contributed by atoms with E-state index in [9.17, 15) is 4.39 Å². The maximum atomic E-state index is 14.1. The number of fused-ring (bicyclic) bond motifs is 1. The van der Waals surface area contributed by atoms with Crippen LogP contribution < -0.4 is 9.47 Å². The Balaban J connectivity index is 1.20. The second-order valence-electron chi connectivity index (χ2n) is 9.12. The molecular formula is C28H30ClFN4O2. The molecular weight excluding hydrogens is 479 g/mol. The number of benzene rings is 2. The second-order valence-corrected chi connectivity index (χ2v) is 9.56. The molecule has 0 bridgehead atoms. The van der Waals surface area contributed by atoms with E-state index in [1.165, 1.54) is 6.07 Å². The highest BCUT2D eigenvalue weighted by Gasteiger charge is 2.23. The predicted octanol–water partition coefficient (Wildman–Crippen LogP) is 6.12. The van der Waals surface area contributed by atoms with Crippen molar-refractivity contribution in [3.8, 4) is 11.6 Å². The van der Waals surface area contributed by atoms with Gasteiger partial charge in [-0.05, 0) is 63.2 Å². The molecule has 0 saturated carbocycles. The molecule has 0 N–H and O–H groups in total. The Morgan fingerprint density at radius 1 is 1.03 bits per heavy atom. The van der Waals surface area contributed by atoms with Gasteiger partial charge < -0.3 is 14.0 Å². The van der Waals surface area contributed by atoms with E-state index in [2.05, 4.69) is 28.6 Å². The first-order valence-corrected chi connectivity index (χ1v) is 12.7. The van der Waals surface area contributed by atoms with E-state index in [4.69, 9.17) is 31.0 Å². The summed E-state index contributed by atoms with van der Waals surface area (Å²) in [5, 5.41) is 0.370. The highest BCUT2D eigenvalue weighted by molar-refractivity contribution is 6.30. The molecule has 0 radical (unpaired) electrons. The number of piperidine rings is 1. The fraction of sp³-hybridized carbons (Fsp3) is 0.357. The van der Waals surface area contributed by atoms with Crippen LogP contribution in [0.15, 0.2) is 54.6 Å². The summed E-state index contributed by atoms with van der Waals surface area (Å²) in [7, 11) is 2.07. The molecule has 0 aliphatic carbocycles. The molecule has 0 atom stereocenters. The molecule has 188 valence electrons. The molecule has 0 amide bonds. The predicted molar refractivity (Wildman–Crippen MR) is 139 cm³/mol. The number of likely N-dealkylation sites (tertiary alicyclic amines) is 1. The van der Waals surface area contributed by atoms with Crippen LogP contribution in [0.2, 0.25) is 5.02 Å². The van der Waals surface area contributed by atoms with Crippen molar-refractivity contribution >= 4 is 22.6 Å². The third-order valence-electron chi connectivity index (χ3n) is 6.77. The van der Waals surface area contributed by atoms with E-state index in [0.29, 0.717) is 29.0 Å². The van der Waals surface area contributed by atoms with E-state index >= 15 is 0 Å². The summed E-state index contributed by atoms with van der Waals surface area (Å²) in [6, 6.07) is 16.5. The summed E-state index contributed by atoms with van der Waals surface area (Å²) in [6.45, 7) is 5.46. The van der Waals surface area contributed by atoms with Gasteiger partial charge in [-0.1, -0.05) is 29.8 Å². The highest BCUT2D eigenvalue weighted by atomic mass is 35.5. The molecule has 5 rings (SSSR count). The average molecular weight is 509 g/mol. The van der Waals surface area contributed by atoms with Gasteiger partial charge in [0.15, 0.2) is 0 Å². The molecule has 1 aliphatic heterocycles. The van der Waals surface area contributed by atoms with Crippen molar-refractivity contribution in [1.82, 2.24) is 19.4 Å². The van der Waals surface area contributed by atoms with Gasteiger partial charge in [0.25, 0.3) is 0 Å². The third-order valence-corrected chi connectivity index (χ3v) is 7.01. The van der Waals surface area contributed by atoms with E-state index in [-0.39, 0.29) is 12.4 Å². The Bertz CT molecular complexity index is 1350. The van der Waals surface area contributed by atoms with Gasteiger partial charge >= 0.3 is 0 Å². The minimum Gasteiger partial charge on any atom is -0.492 e. The molecule has 1 saturated heterocycles. The zero-order valence-corrected chi connectivity index (χ0v) is 21.3. The maximum Gasteiger partial charge on any atom is 0.213 e. The van der Waals surface area contributed by atoms with Gasteiger partial charge in [-0.25, -0.2) is 14.4 Å². The number of imidazole rings is 1. The van der Waals surface area contributed by atoms with Crippen LogP contribution in [0, 0.1) is 5.82 Å². The lowest BCUT2D eigenvalue weighted by Gasteiger charge is -2.31. The van der Waals surface area contributed by atoms with Gasteiger partial charge in [0.1, 0.15) is 29.5 Å². The van der Waals surface area contributed by atoms with Crippen molar-refractivity contribution in [2.45, 2.75) is 38.8 Å². The maximum absolute atomic E-state index is 14.1. The number of aromatic nitrogens is 3. The van der Waals surface area contributed by atoms with E-state index in [1.807, 2.05) is 31.2 Å². The van der Waals surface area contributed by atoms with Crippen molar-refractivity contribution in [2.24, 2.45) is 7.05 Å². The van der Waals surface area contributed by atoms with E-state index in [1.54, 1.807) is 12.1 Å². The van der Waals surface area contributed by atoms with E-state index in [0.717, 1.165) is 60.8 Å². The summed E-state index contributed by atoms with van der Waals surface area (Å²) < 4.78 is 27.8. The first kappa shape index (κ1) is 24.5. The van der Waals surface area contributed by atoms with Crippen molar-refractivity contribution in [3.05, 3.63) is 82.5 Å². The summed E-state index contributed by atoms with van der Waals surface area (Å²) in [6.07, 6.45) is 2.02. The summed E-state index contributed by atoms with van der Waals surface area (Å²) in [5.74, 6) is 2.37. The quantitative estimate of drug-likeness (QED) is 0.287. The zero-order chi connectivity index (χ0) is 25.1. The fourth-order valence-electron chi connectivity index (χ4n) is 4.77. The van der Waals surface area contributed by atoms with Crippen LogP contribution in [-0.2, 0) is 20.2 Å². The monoisotopic (exact) mass is 508 g/mol. The van der Waals surface area contributed by atoms with Crippen LogP contribution in [-0.4, -0.2) is 39.1 Å². The van der Waals surface area contributed by atoms with Gasteiger partial charge in [0, 0.05) is 35.3 Å². The Hall–Kier alpha value is -3.16. The van der Waals surface area contributed by atoms with Crippen LogP contribution in [0.3, 0.4) is 0 Å². The van der Waals surface area contributed by atoms with Crippen molar-refractivity contribution in [1.29, 1.82) is 0 Å². The minimum atomic E-state index is -0.374. The Kier molecular flexibility index (Phi) is 7.39. The van der Waals surface area contributed by atoms with Crippen molar-refractivity contribution < 1.29 is 13.9 Å². The van der Waals surface area contributed by atoms with Crippen molar-refractivity contribution in [2.75, 3.05) is 19.7 Å². The molecule has 2 aromatic carbocycles. The van der Waals surface area contributed by atoms with Crippen molar-refractivity contribution in [3.63, 3.8) is 0 Å². The lowest BCUT2D eigenvalue weighted by molar-refractivity contribution is 0.197. The number of ether oxygens (including phenoxy) is 2. The summed E-state index contributed by atoms with van der Waals surface area (Å²) >= 11 is 5.83. The minimum absolute atomic E-state index is 0.112. The first-order chi connectivity index (χ1) is 17.5. The molecule has 8 heteroatoms. The number of aryl methyl sites for hydroxylation is 1. The molecule has 36 heavy (non-hydrogen) atoms. The van der Waals surface area contributed by atoms with Gasteiger partial charge in [-0.2, -0.15) is 0 Å². The zero-order valence-electron chi connectivity index (χ0n) is 20.6. The summed E-state index contributed by atoms with van der Waals surface area (Å²) in [5.41, 5.74) is 3.49. The third kappa shape index (κ3) is 5.32. The number of halogens is 2. The molecule has 6 nitrogen and oxygen atoms in total. The second kappa shape index (κ2) is 10.8. The first-order valence-electron chi connectivity index (χ1n) is 12.3. The Labute approximate surface area is 215 Å². The number of pyridine rings is 1. The molecule has 0 spiro atoms. The van der Waals surface area contributed by atoms with Crippen LogP contribution in [0.5, 0.6) is 11.6 Å². The lowest BCUT2D eigenvalue weighted by atomic mass is 9.93. The van der Waals surface area contributed by atoms with Gasteiger partial charge in [0.2, 0.25) is 5.88 Å². The number of rotatable bonds is 8. The molecule has 4 aromatic rings. The Morgan fingerprint density at radius 3 is 2.61 bits per heavy atom. The number of hydrogen-bond acceptors (Lipinski definition) is 5. The molecule has 3 heterocycles. The number of para-hydroxylation sites is 1. The molecule has 2 aromatic heterocycles. The van der Waals surface area contributed by atoms with Gasteiger partial charge in [0.05, 0.1) is 18.7 Å². The Morgan fingerprint density at radius 2 is 1.83 bits per heavy atom. The van der Waals surface area contributed by atoms with E-state index < -0.39 is 0 Å². The average Bonchev–Trinajstić information content (AvgIpc) is 3.20. The standard InChI is InChI=1S/C28H30ClFN4O2/c1-3-35-25-8-5-7-24-28(25)32-26(33(24)2)17-34-14-12-19(13-15-34)23-6-4-9-27(31-23)36-18-20-10-11-21(29)16-22(20)30/h4-11,16,19H,3,12-15,17-18H2,1-2H3. The highest BCUT2D eigenvalue weighted by Crippen LogP contribution is 2.30. The van der Waals surface area contributed by atoms with Crippen LogP contribution in [0.1, 0.15) is 42.8 Å². The van der Waals surface area contributed by atoms with Gasteiger partial charge in [-0.3, -0.25) is 4.90 Å². The van der Waals surface area contributed by atoms with Crippen LogP contribution >= 0.6 is 11.6 Å². The van der Waals surface area contributed by atoms with Crippen LogP contribution in [0.25, 0.3) is 11.0 Å². The van der Waals surface area contributed by atoms with Gasteiger partial charge in [-0.15, -0.1) is 0 Å². The largest absolute Gasteiger partial charge is 0.492 e. The topological polar surface area (TPSA) is 52.4 Å². The SMILES string of the molecule is CCOc1cccc2c1nc(CN1CCC(c3cccc(OCc4ccc(Cl)cc4F)n3)CC1)n2C. The number of nitrogens with zero attached hydrogens (tertiary/aromatic N) is 4. The van der Waals surface area contributed by atoms with Crippen LogP contribution in [0.4, 0.5) is 4.39 Å². The number of hydrogen-bond donors (Lipinski definition) is 0. The molecule has 0 unspecified atom stereocenters. The summed E-state index contributed by atoms with van der Waals surface area (Å²) in [4.78, 5) is 12.1. The smallest absolute Gasteiger partial charge is 0.213 e. The fourth-order valence-corrected chi connectivity index (χ4v) is 4.92. The lowest BCUT2D eigenvalue weighted by Crippen LogP contribution is -2.33. The molecule has 1 fully saturated rings.